The highest BCUT2D eigenvalue weighted by Gasteiger charge is 2.37. The second kappa shape index (κ2) is 5.20. The van der Waals surface area contributed by atoms with Gasteiger partial charge in [0.05, 0.1) is 18.2 Å². The van der Waals surface area contributed by atoms with Gasteiger partial charge in [0.2, 0.25) is 11.2 Å². The summed E-state index contributed by atoms with van der Waals surface area (Å²) in [4.78, 5) is 21.8. The first-order chi connectivity index (χ1) is 9.72. The number of nitrogens with zero attached hydrogens (tertiary/aromatic N) is 4. The molecular formula is C10H6ClF3N4O3. The number of aromatic nitrogens is 4. The lowest BCUT2D eigenvalue weighted by molar-refractivity contribution is -0.138. The Morgan fingerprint density at radius 1 is 1.33 bits per heavy atom. The molecule has 0 saturated carbocycles. The van der Waals surface area contributed by atoms with Crippen LogP contribution in [0, 0.1) is 0 Å². The molecule has 2 aromatic heterocycles. The second-order valence-electron chi connectivity index (χ2n) is 3.69. The average Bonchev–Trinajstić information content (AvgIpc) is 2.83. The molecule has 0 aromatic carbocycles. The number of hydrogen-bond acceptors (Lipinski definition) is 5. The van der Waals surface area contributed by atoms with Crippen molar-refractivity contribution in [3.63, 3.8) is 0 Å². The van der Waals surface area contributed by atoms with E-state index < -0.39 is 23.3 Å². The zero-order chi connectivity index (χ0) is 15.8. The van der Waals surface area contributed by atoms with Crippen LogP contribution in [0.25, 0.3) is 5.95 Å². The summed E-state index contributed by atoms with van der Waals surface area (Å²) in [5, 5.41) is 8.52. The summed E-state index contributed by atoms with van der Waals surface area (Å²) >= 11 is 5.58. The first kappa shape index (κ1) is 15.0. The van der Waals surface area contributed by atoms with Crippen LogP contribution in [0.5, 0.6) is 6.01 Å². The Labute approximate surface area is 120 Å². The molecule has 0 radical (unpaired) electrons. The summed E-state index contributed by atoms with van der Waals surface area (Å²) < 4.78 is 43.8. The van der Waals surface area contributed by atoms with E-state index in [2.05, 4.69) is 15.0 Å². The largest absolute Gasteiger partial charge is 0.478 e. The highest BCUT2D eigenvalue weighted by molar-refractivity contribution is 6.28. The predicted molar refractivity (Wildman–Crippen MR) is 62.7 cm³/mol. The number of ether oxygens (including phenoxy) is 1. The van der Waals surface area contributed by atoms with Crippen molar-refractivity contribution in [2.75, 3.05) is 7.11 Å². The maximum absolute atomic E-state index is 12.8. The van der Waals surface area contributed by atoms with Gasteiger partial charge in [0, 0.05) is 12.4 Å². The van der Waals surface area contributed by atoms with Crippen molar-refractivity contribution in [1.82, 2.24) is 19.5 Å². The van der Waals surface area contributed by atoms with Crippen molar-refractivity contribution in [3.05, 3.63) is 28.8 Å². The van der Waals surface area contributed by atoms with E-state index in [1.165, 1.54) is 7.11 Å². The number of carboxylic acid groups (broad SMARTS) is 1. The summed E-state index contributed by atoms with van der Waals surface area (Å²) in [6.07, 6.45) is -3.55. The van der Waals surface area contributed by atoms with E-state index in [4.69, 9.17) is 21.4 Å². The van der Waals surface area contributed by atoms with E-state index in [1.54, 1.807) is 0 Å². The third-order valence-electron chi connectivity index (χ3n) is 2.35. The molecule has 0 spiro atoms. The van der Waals surface area contributed by atoms with Gasteiger partial charge in [0.1, 0.15) is 0 Å². The fraction of sp³-hybridized carbons (Fsp3) is 0.200. The third-order valence-corrected chi connectivity index (χ3v) is 2.52. The van der Waals surface area contributed by atoms with E-state index >= 15 is 0 Å². The Balaban J connectivity index is 2.60. The van der Waals surface area contributed by atoms with E-state index in [0.717, 1.165) is 10.8 Å². The topological polar surface area (TPSA) is 90.1 Å². The number of hydrogen-bond donors (Lipinski definition) is 1. The zero-order valence-corrected chi connectivity index (χ0v) is 11.0. The number of alkyl halides is 3. The van der Waals surface area contributed by atoms with Crippen LogP contribution in [0.3, 0.4) is 0 Å². The lowest BCUT2D eigenvalue weighted by Gasteiger charge is -2.04. The molecule has 0 aliphatic carbocycles. The minimum Gasteiger partial charge on any atom is -0.478 e. The average molecular weight is 323 g/mol. The monoisotopic (exact) mass is 322 g/mol. The lowest BCUT2D eigenvalue weighted by atomic mass is 10.2. The Hall–Kier alpha value is -2.36. The molecule has 0 atom stereocenters. The van der Waals surface area contributed by atoms with Crippen LogP contribution in [0.1, 0.15) is 15.9 Å². The molecule has 112 valence electrons. The molecule has 2 aromatic rings. The summed E-state index contributed by atoms with van der Waals surface area (Å²) in [5.41, 5.74) is -2.26. The number of methoxy groups -OCH3 is 1. The van der Waals surface area contributed by atoms with Gasteiger partial charge in [0.25, 0.3) is 0 Å². The minimum atomic E-state index is -4.83. The highest BCUT2D eigenvalue weighted by atomic mass is 35.5. The van der Waals surface area contributed by atoms with Gasteiger partial charge in [0.15, 0.2) is 0 Å². The van der Waals surface area contributed by atoms with Gasteiger partial charge < -0.3 is 9.84 Å². The van der Waals surface area contributed by atoms with Crippen molar-refractivity contribution in [3.8, 4) is 12.0 Å². The fourth-order valence-electron chi connectivity index (χ4n) is 1.50. The Kier molecular flexibility index (Phi) is 3.73. The molecule has 0 aliphatic heterocycles. The standard InChI is InChI=1S/C10H6ClF3N4O3/c1-21-9-16-7(11)15-8(17-9)18-2-4(6(19)20)5(3-18)10(12,13)14/h2-3H,1H3,(H,19,20). The molecule has 0 bridgehead atoms. The predicted octanol–water partition coefficient (Wildman–Crippen LogP) is 2.04. The van der Waals surface area contributed by atoms with Crippen LogP contribution < -0.4 is 4.74 Å². The molecule has 7 nitrogen and oxygen atoms in total. The number of rotatable bonds is 3. The van der Waals surface area contributed by atoms with Gasteiger partial charge >= 0.3 is 18.2 Å². The van der Waals surface area contributed by atoms with Crippen molar-refractivity contribution in [1.29, 1.82) is 0 Å². The minimum absolute atomic E-state index is 0.218. The number of carbonyl (C=O) groups is 1. The molecular weight excluding hydrogens is 317 g/mol. The molecule has 0 saturated heterocycles. The summed E-state index contributed by atoms with van der Waals surface area (Å²) in [7, 11) is 1.23. The molecule has 0 fully saturated rings. The van der Waals surface area contributed by atoms with Crippen molar-refractivity contribution >= 4 is 17.6 Å². The summed E-state index contributed by atoms with van der Waals surface area (Å²) in [6, 6.07) is -0.218. The van der Waals surface area contributed by atoms with Gasteiger partial charge in [-0.25, -0.2) is 4.79 Å². The van der Waals surface area contributed by atoms with Crippen molar-refractivity contribution < 1.29 is 27.8 Å². The van der Waals surface area contributed by atoms with Gasteiger partial charge in [-0.3, -0.25) is 4.57 Å². The van der Waals surface area contributed by atoms with Gasteiger partial charge in [-0.1, -0.05) is 0 Å². The van der Waals surface area contributed by atoms with Crippen LogP contribution in [0.4, 0.5) is 13.2 Å². The quantitative estimate of drug-likeness (QED) is 0.930. The molecule has 1 N–H and O–H groups in total. The molecule has 2 heterocycles. The van der Waals surface area contributed by atoms with Gasteiger partial charge in [-0.2, -0.15) is 28.1 Å². The van der Waals surface area contributed by atoms with Crippen LogP contribution in [-0.2, 0) is 6.18 Å². The number of halogens is 4. The van der Waals surface area contributed by atoms with E-state index in [1.807, 2.05) is 0 Å². The van der Waals surface area contributed by atoms with Crippen LogP contribution in [0.2, 0.25) is 5.28 Å². The van der Waals surface area contributed by atoms with Crippen LogP contribution in [-0.4, -0.2) is 37.7 Å². The smallest absolute Gasteiger partial charge is 0.418 e. The third kappa shape index (κ3) is 3.05. The lowest BCUT2D eigenvalue weighted by Crippen LogP contribution is -2.09. The van der Waals surface area contributed by atoms with Gasteiger partial charge in [-0.15, -0.1) is 0 Å². The number of aromatic carboxylic acids is 1. The molecule has 21 heavy (non-hydrogen) atoms. The van der Waals surface area contributed by atoms with E-state index in [-0.39, 0.29) is 17.2 Å². The zero-order valence-electron chi connectivity index (χ0n) is 10.2. The van der Waals surface area contributed by atoms with Crippen molar-refractivity contribution in [2.24, 2.45) is 0 Å². The maximum atomic E-state index is 12.8. The molecule has 0 aliphatic rings. The first-order valence-electron chi connectivity index (χ1n) is 5.21. The fourth-order valence-corrected chi connectivity index (χ4v) is 1.64. The molecule has 0 unspecified atom stereocenters. The molecule has 0 amide bonds. The first-order valence-corrected chi connectivity index (χ1v) is 5.58. The molecule has 2 rings (SSSR count). The summed E-state index contributed by atoms with van der Waals surface area (Å²) in [6.45, 7) is 0. The molecule has 11 heteroatoms. The highest BCUT2D eigenvalue weighted by Crippen LogP contribution is 2.33. The van der Waals surface area contributed by atoms with Crippen LogP contribution in [0.15, 0.2) is 12.4 Å². The second-order valence-corrected chi connectivity index (χ2v) is 4.02. The normalized spacial score (nSPS) is 11.5. The Bertz CT molecular complexity index is 701. The SMILES string of the molecule is COc1nc(Cl)nc(-n2cc(C(=O)O)c(C(F)(F)F)c2)n1. The van der Waals surface area contributed by atoms with Crippen molar-refractivity contribution in [2.45, 2.75) is 6.18 Å². The number of carboxylic acids is 1. The maximum Gasteiger partial charge on any atom is 0.418 e. The van der Waals surface area contributed by atoms with E-state index in [0.29, 0.717) is 6.20 Å². The Morgan fingerprint density at radius 2 is 2.00 bits per heavy atom. The van der Waals surface area contributed by atoms with Gasteiger partial charge in [-0.05, 0) is 11.6 Å². The van der Waals surface area contributed by atoms with Crippen LogP contribution >= 0.6 is 11.6 Å². The van der Waals surface area contributed by atoms with E-state index in [9.17, 15) is 18.0 Å². The Morgan fingerprint density at radius 3 is 2.48 bits per heavy atom. The summed E-state index contributed by atoms with van der Waals surface area (Å²) in [5.74, 6) is -2.03.